The highest BCUT2D eigenvalue weighted by atomic mass is 35.5. The number of nitrogens with two attached hydrogens (primary N) is 1. The molecule has 1 aliphatic carbocycles. The summed E-state index contributed by atoms with van der Waals surface area (Å²) in [6.45, 7) is 0.739. The highest BCUT2D eigenvalue weighted by Crippen LogP contribution is 2.31. The average Bonchev–Trinajstić information content (AvgIpc) is 2.87. The highest BCUT2D eigenvalue weighted by molar-refractivity contribution is 6.30. The third kappa shape index (κ3) is 6.31. The number of aliphatic hydroxyl groups is 1. The van der Waals surface area contributed by atoms with Crippen LogP contribution in [0.15, 0.2) is 64.8 Å². The summed E-state index contributed by atoms with van der Waals surface area (Å²) in [5, 5.41) is 19.6. The summed E-state index contributed by atoms with van der Waals surface area (Å²) in [4.78, 5) is 30.2. The van der Waals surface area contributed by atoms with Gasteiger partial charge in [-0.25, -0.2) is 4.79 Å². The number of alkyl halides is 3. The molecule has 4 N–H and O–H groups in total. The minimum Gasteiger partial charge on any atom is -0.481 e. The first-order valence-electron chi connectivity index (χ1n) is 12.2. The number of aliphatic carboxylic acids is 1. The number of carbonyl (C=O) groups is 2. The van der Waals surface area contributed by atoms with Crippen molar-refractivity contribution in [3.63, 3.8) is 0 Å². The second-order valence-corrected chi connectivity index (χ2v) is 9.98. The van der Waals surface area contributed by atoms with Gasteiger partial charge in [-0.1, -0.05) is 35.4 Å². The molecule has 0 bridgehead atoms. The van der Waals surface area contributed by atoms with E-state index in [9.17, 15) is 33.0 Å². The fourth-order valence-electron chi connectivity index (χ4n) is 4.58. The largest absolute Gasteiger partial charge is 0.481 e. The molecule has 1 saturated carbocycles. The van der Waals surface area contributed by atoms with E-state index in [0.717, 1.165) is 10.5 Å². The van der Waals surface area contributed by atoms with Gasteiger partial charge in [-0.05, 0) is 55.7 Å². The van der Waals surface area contributed by atoms with Gasteiger partial charge in [0.15, 0.2) is 6.10 Å². The Bertz CT molecular complexity index is 1390. The summed E-state index contributed by atoms with van der Waals surface area (Å²) >= 11 is 6.07. The summed E-state index contributed by atoms with van der Waals surface area (Å²) in [6.07, 6.45) is -6.89. The van der Waals surface area contributed by atoms with E-state index in [4.69, 9.17) is 17.3 Å². The van der Waals surface area contributed by atoms with E-state index in [2.05, 4.69) is 4.99 Å². The first-order chi connectivity index (χ1) is 18.3. The van der Waals surface area contributed by atoms with Crippen molar-refractivity contribution in [1.82, 2.24) is 4.90 Å². The lowest BCUT2D eigenvalue weighted by molar-refractivity contribution is -0.459. The van der Waals surface area contributed by atoms with Crippen LogP contribution in [-0.2, 0) is 4.79 Å². The van der Waals surface area contributed by atoms with Crippen molar-refractivity contribution in [2.75, 3.05) is 13.1 Å². The lowest BCUT2D eigenvalue weighted by Gasteiger charge is -2.33. The van der Waals surface area contributed by atoms with Crippen LogP contribution in [0.3, 0.4) is 0 Å². The molecule has 1 heterocycles. The zero-order valence-corrected chi connectivity index (χ0v) is 21.7. The molecule has 206 valence electrons. The number of hydrogen-bond donors (Lipinski definition) is 3. The Morgan fingerprint density at radius 2 is 1.95 bits per heavy atom. The van der Waals surface area contributed by atoms with Crippen LogP contribution in [0.4, 0.5) is 23.7 Å². The predicted molar refractivity (Wildman–Crippen MR) is 139 cm³/mol. The Hall–Kier alpha value is -3.70. The van der Waals surface area contributed by atoms with Crippen LogP contribution in [0.25, 0.3) is 0 Å². The van der Waals surface area contributed by atoms with E-state index in [1.54, 1.807) is 48.5 Å². The van der Waals surface area contributed by atoms with Gasteiger partial charge in [-0.15, -0.1) is 0 Å². The van der Waals surface area contributed by atoms with Gasteiger partial charge in [0.1, 0.15) is 13.1 Å². The van der Waals surface area contributed by atoms with E-state index >= 15 is 0 Å². The standard InChI is InChI=1S/C27H26ClF3N4O4/c1-15-5-7-16(8-6-15)24-34(26(39)35(24)14-23(36)27(29,30)31)13-21(32)20-10-9-17(25(37)38)11-22(20)33-19-4-2-3-18(28)12-19/h2-8,12,17,23,36H,9-11,13-14H2,1H3,(H2-,32,33,37,38)/p+1/t17?,23-/m0/s1. The number of rotatable bonds is 7. The monoisotopic (exact) mass is 563 g/mol. The van der Waals surface area contributed by atoms with Crippen molar-refractivity contribution in [2.24, 2.45) is 16.6 Å². The second kappa shape index (κ2) is 11.2. The van der Waals surface area contributed by atoms with Gasteiger partial charge in [0, 0.05) is 28.4 Å². The second-order valence-electron chi connectivity index (χ2n) is 9.55. The average molecular weight is 564 g/mol. The minimum atomic E-state index is -4.89. The molecule has 0 aromatic heterocycles. The molecule has 4 rings (SSSR count). The predicted octanol–water partition coefficient (Wildman–Crippen LogP) is 4.64. The minimum absolute atomic E-state index is 0.115. The van der Waals surface area contributed by atoms with Gasteiger partial charge in [0.25, 0.3) is 0 Å². The molecule has 1 fully saturated rings. The molecule has 0 spiro atoms. The number of amides is 2. The number of allylic oxidation sites excluding steroid dienone is 1. The summed E-state index contributed by atoms with van der Waals surface area (Å²) in [5.41, 5.74) is 9.64. The molecule has 2 atom stereocenters. The summed E-state index contributed by atoms with van der Waals surface area (Å²) in [6, 6.07) is 12.8. The van der Waals surface area contributed by atoms with Crippen LogP contribution in [0.5, 0.6) is 0 Å². The van der Waals surface area contributed by atoms with E-state index in [-0.39, 0.29) is 24.5 Å². The molecule has 2 aromatic rings. The summed E-state index contributed by atoms with van der Waals surface area (Å²) < 4.78 is 40.4. The van der Waals surface area contributed by atoms with Crippen LogP contribution >= 0.6 is 11.6 Å². The number of carboxylic acids is 1. The fraction of sp³-hybridized carbons (Fsp3) is 0.333. The molecular formula is C27H27ClF3N4O4+. The van der Waals surface area contributed by atoms with Crippen molar-refractivity contribution in [2.45, 2.75) is 38.5 Å². The summed E-state index contributed by atoms with van der Waals surface area (Å²) in [5.74, 6) is -1.45. The van der Waals surface area contributed by atoms with E-state index < -0.39 is 36.7 Å². The first-order valence-corrected chi connectivity index (χ1v) is 12.5. The van der Waals surface area contributed by atoms with Gasteiger partial charge in [0.05, 0.1) is 11.6 Å². The van der Waals surface area contributed by atoms with Crippen LogP contribution in [0, 0.1) is 12.8 Å². The number of hydrogen-bond acceptors (Lipinski definition) is 5. The SMILES string of the molecule is Cc1ccc(C2=[N+](C/C(N)=C3\CCC(C(=O)O)CC3=Nc3cccc(Cl)c3)C(=O)N2C[C@H](O)C(F)(F)F)cc1. The molecule has 1 aliphatic heterocycles. The number of nitrogens with zero attached hydrogens (tertiary/aromatic N) is 3. The van der Waals surface area contributed by atoms with Crippen molar-refractivity contribution in [1.29, 1.82) is 0 Å². The fourth-order valence-corrected chi connectivity index (χ4v) is 4.77. The number of urea groups is 1. The van der Waals surface area contributed by atoms with Crippen LogP contribution < -0.4 is 5.73 Å². The number of aryl methyl sites for hydroxylation is 1. The van der Waals surface area contributed by atoms with Gasteiger partial charge >= 0.3 is 18.2 Å². The van der Waals surface area contributed by atoms with Crippen LogP contribution in [0.1, 0.15) is 30.4 Å². The van der Waals surface area contributed by atoms with Crippen molar-refractivity contribution >= 4 is 40.8 Å². The Morgan fingerprint density at radius 1 is 1.26 bits per heavy atom. The Balaban J connectivity index is 1.73. The maximum Gasteiger partial charge on any atom is 0.446 e. The van der Waals surface area contributed by atoms with E-state index in [1.807, 2.05) is 6.92 Å². The lowest BCUT2D eigenvalue weighted by atomic mass is 9.83. The number of benzene rings is 2. The first kappa shape index (κ1) is 28.3. The third-order valence-electron chi connectivity index (χ3n) is 6.68. The highest BCUT2D eigenvalue weighted by Gasteiger charge is 2.49. The molecule has 8 nitrogen and oxygen atoms in total. The van der Waals surface area contributed by atoms with Gasteiger partial charge < -0.3 is 15.9 Å². The Kier molecular flexibility index (Phi) is 8.12. The lowest BCUT2D eigenvalue weighted by Crippen LogP contribution is -2.61. The maximum absolute atomic E-state index is 13.1. The zero-order valence-electron chi connectivity index (χ0n) is 21.0. The Labute approximate surface area is 227 Å². The van der Waals surface area contributed by atoms with Crippen molar-refractivity contribution in [3.05, 3.63) is 76.0 Å². The molecule has 2 amide bonds. The number of carboxylic acid groups (broad SMARTS) is 1. The Morgan fingerprint density at radius 3 is 2.56 bits per heavy atom. The van der Waals surface area contributed by atoms with Gasteiger partial charge in [0.2, 0.25) is 5.84 Å². The number of halogens is 4. The van der Waals surface area contributed by atoms with Gasteiger partial charge in [-0.2, -0.15) is 22.6 Å². The molecule has 0 radical (unpaired) electrons. The van der Waals surface area contributed by atoms with Gasteiger partial charge in [-0.3, -0.25) is 9.79 Å². The molecule has 2 aromatic carbocycles. The zero-order chi connectivity index (χ0) is 28.5. The number of β-amino-alcohol motifs (C(OH)–C–C–N with tert-alkyl or cyclic N) is 1. The topological polar surface area (TPSA) is 119 Å². The maximum atomic E-state index is 13.1. The summed E-state index contributed by atoms with van der Waals surface area (Å²) in [7, 11) is 0. The number of aliphatic imine (C=N–C) groups is 1. The van der Waals surface area contributed by atoms with Crippen molar-refractivity contribution in [3.8, 4) is 0 Å². The van der Waals surface area contributed by atoms with Crippen molar-refractivity contribution < 1.29 is 37.5 Å². The number of aliphatic hydroxyl groups excluding tert-OH is 1. The molecule has 12 heteroatoms. The van der Waals surface area contributed by atoms with Crippen LogP contribution in [0.2, 0.25) is 5.02 Å². The quantitative estimate of drug-likeness (QED) is 0.424. The smallest absolute Gasteiger partial charge is 0.446 e. The number of carbonyl (C=O) groups excluding carboxylic acids is 1. The van der Waals surface area contributed by atoms with Crippen LogP contribution in [-0.4, -0.2) is 68.6 Å². The molecule has 2 aliphatic rings. The van der Waals surface area contributed by atoms with E-state index in [0.29, 0.717) is 40.4 Å². The third-order valence-corrected chi connectivity index (χ3v) is 6.92. The normalized spacial score (nSPS) is 21.2. The molecular weight excluding hydrogens is 537 g/mol. The molecule has 39 heavy (non-hydrogen) atoms. The molecule has 1 unspecified atom stereocenters. The van der Waals surface area contributed by atoms with E-state index in [1.165, 1.54) is 4.58 Å². The number of amidine groups is 1. The molecule has 0 saturated heterocycles.